The Morgan fingerprint density at radius 1 is 1.45 bits per heavy atom. The molecule has 1 aromatic heterocycles. The van der Waals surface area contributed by atoms with Crippen LogP contribution in [0.15, 0.2) is 18.2 Å². The van der Waals surface area contributed by atoms with Crippen LogP contribution < -0.4 is 4.74 Å². The normalized spacial score (nSPS) is 12.0. The molecule has 2 aromatic rings. The number of rotatable bonds is 5. The highest BCUT2D eigenvalue weighted by Crippen LogP contribution is 2.28. The molecule has 0 amide bonds. The lowest BCUT2D eigenvalue weighted by Crippen LogP contribution is -2.27. The summed E-state index contributed by atoms with van der Waals surface area (Å²) in [4.78, 5) is 11.6. The van der Waals surface area contributed by atoms with E-state index in [9.17, 15) is 18.7 Å². The van der Waals surface area contributed by atoms with Gasteiger partial charge in [-0.3, -0.25) is 0 Å². The molecule has 0 atom stereocenters. The van der Waals surface area contributed by atoms with Gasteiger partial charge in [0.05, 0.1) is 18.2 Å². The second-order valence-electron chi connectivity index (χ2n) is 5.34. The van der Waals surface area contributed by atoms with Crippen molar-refractivity contribution in [3.05, 3.63) is 23.9 Å². The Bertz CT molecular complexity index is 692. The molecule has 0 bridgehead atoms. The van der Waals surface area contributed by atoms with Gasteiger partial charge in [-0.25, -0.2) is 9.48 Å². The fourth-order valence-electron chi connectivity index (χ4n) is 1.86. The van der Waals surface area contributed by atoms with Crippen LogP contribution in [0.25, 0.3) is 10.9 Å². The molecule has 0 radical (unpaired) electrons. The van der Waals surface area contributed by atoms with Crippen LogP contribution in [-0.2, 0) is 4.74 Å². The van der Waals surface area contributed by atoms with Crippen molar-refractivity contribution in [2.75, 3.05) is 13.7 Å². The SMILES string of the molecule is COC(=O)c1nn(C(F)F)c2cc(OCC(C)(C)O)ccc12. The third kappa shape index (κ3) is 3.33. The lowest BCUT2D eigenvalue weighted by molar-refractivity contribution is 0.0284. The zero-order chi connectivity index (χ0) is 16.5. The minimum absolute atomic E-state index is 0.00875. The average molecular weight is 314 g/mol. The van der Waals surface area contributed by atoms with Gasteiger partial charge in [0.15, 0.2) is 5.69 Å². The molecule has 6 nitrogen and oxygen atoms in total. The molecule has 1 N–H and O–H groups in total. The van der Waals surface area contributed by atoms with Gasteiger partial charge in [0.2, 0.25) is 0 Å². The van der Waals surface area contributed by atoms with Crippen LogP contribution >= 0.6 is 0 Å². The highest BCUT2D eigenvalue weighted by molar-refractivity contribution is 6.02. The zero-order valence-electron chi connectivity index (χ0n) is 12.3. The number of benzene rings is 1. The monoisotopic (exact) mass is 314 g/mol. The number of carbonyl (C=O) groups excluding carboxylic acids is 1. The van der Waals surface area contributed by atoms with E-state index in [1.165, 1.54) is 18.2 Å². The van der Waals surface area contributed by atoms with Crippen molar-refractivity contribution < 1.29 is 28.2 Å². The molecular formula is C14H16F2N2O4. The number of fused-ring (bicyclic) bond motifs is 1. The van der Waals surface area contributed by atoms with E-state index in [4.69, 9.17) is 4.74 Å². The summed E-state index contributed by atoms with van der Waals surface area (Å²) in [5.74, 6) is -0.512. The molecule has 0 saturated heterocycles. The first-order valence-electron chi connectivity index (χ1n) is 6.47. The minimum atomic E-state index is -2.91. The van der Waals surface area contributed by atoms with Crippen LogP contribution in [0.2, 0.25) is 0 Å². The maximum Gasteiger partial charge on any atom is 0.359 e. The summed E-state index contributed by atoms with van der Waals surface area (Å²) >= 11 is 0. The number of ether oxygens (including phenoxy) is 2. The second-order valence-corrected chi connectivity index (χ2v) is 5.34. The van der Waals surface area contributed by atoms with Crippen molar-refractivity contribution in [1.82, 2.24) is 9.78 Å². The number of hydrogen-bond acceptors (Lipinski definition) is 5. The number of hydrogen-bond donors (Lipinski definition) is 1. The maximum absolute atomic E-state index is 13.1. The Balaban J connectivity index is 2.46. The van der Waals surface area contributed by atoms with Crippen molar-refractivity contribution >= 4 is 16.9 Å². The number of aromatic nitrogens is 2. The van der Waals surface area contributed by atoms with E-state index >= 15 is 0 Å². The zero-order valence-corrected chi connectivity index (χ0v) is 12.3. The van der Waals surface area contributed by atoms with E-state index in [2.05, 4.69) is 9.84 Å². The van der Waals surface area contributed by atoms with Crippen LogP contribution in [0.3, 0.4) is 0 Å². The molecule has 1 heterocycles. The van der Waals surface area contributed by atoms with Crippen LogP contribution in [0.5, 0.6) is 5.75 Å². The summed E-state index contributed by atoms with van der Waals surface area (Å²) in [6, 6.07) is 4.30. The van der Waals surface area contributed by atoms with E-state index in [1.54, 1.807) is 13.8 Å². The first kappa shape index (κ1) is 16.2. The first-order valence-corrected chi connectivity index (χ1v) is 6.47. The maximum atomic E-state index is 13.1. The molecule has 8 heteroatoms. The highest BCUT2D eigenvalue weighted by Gasteiger charge is 2.22. The Kier molecular flexibility index (Phi) is 4.32. The van der Waals surface area contributed by atoms with Gasteiger partial charge in [-0.05, 0) is 26.0 Å². The molecule has 0 saturated carbocycles. The lowest BCUT2D eigenvalue weighted by atomic mass is 10.1. The number of esters is 1. The van der Waals surface area contributed by atoms with E-state index in [0.29, 0.717) is 4.68 Å². The number of nitrogens with zero attached hydrogens (tertiary/aromatic N) is 2. The molecular weight excluding hydrogens is 298 g/mol. The van der Waals surface area contributed by atoms with Crippen molar-refractivity contribution in [2.24, 2.45) is 0 Å². The van der Waals surface area contributed by atoms with E-state index < -0.39 is 18.1 Å². The number of methoxy groups -OCH3 is 1. The molecule has 0 fully saturated rings. The number of halogens is 2. The fraction of sp³-hybridized carbons (Fsp3) is 0.429. The summed E-state index contributed by atoms with van der Waals surface area (Å²) in [6.45, 7) is 0.199. The van der Waals surface area contributed by atoms with E-state index in [-0.39, 0.29) is 29.0 Å². The molecule has 0 spiro atoms. The van der Waals surface area contributed by atoms with Crippen molar-refractivity contribution in [3.8, 4) is 5.75 Å². The fourth-order valence-corrected chi connectivity index (χ4v) is 1.86. The second kappa shape index (κ2) is 5.88. The minimum Gasteiger partial charge on any atom is -0.491 e. The third-order valence-corrected chi connectivity index (χ3v) is 2.83. The third-order valence-electron chi connectivity index (χ3n) is 2.83. The first-order chi connectivity index (χ1) is 10.2. The van der Waals surface area contributed by atoms with E-state index in [0.717, 1.165) is 7.11 Å². The van der Waals surface area contributed by atoms with Gasteiger partial charge >= 0.3 is 12.5 Å². The summed E-state index contributed by atoms with van der Waals surface area (Å²) in [5, 5.41) is 13.5. The van der Waals surface area contributed by atoms with Crippen molar-refractivity contribution in [1.29, 1.82) is 0 Å². The molecule has 0 aliphatic rings. The van der Waals surface area contributed by atoms with Crippen LogP contribution in [0.1, 0.15) is 30.9 Å². The van der Waals surface area contributed by atoms with Crippen molar-refractivity contribution in [2.45, 2.75) is 26.0 Å². The Morgan fingerprint density at radius 3 is 2.68 bits per heavy atom. The van der Waals surface area contributed by atoms with Gasteiger partial charge in [-0.15, -0.1) is 0 Å². The quantitative estimate of drug-likeness (QED) is 0.858. The summed E-state index contributed by atoms with van der Waals surface area (Å²) in [5.41, 5.74) is -1.20. The van der Waals surface area contributed by atoms with Crippen LogP contribution in [-0.4, -0.2) is 40.2 Å². The largest absolute Gasteiger partial charge is 0.491 e. The molecule has 120 valence electrons. The van der Waals surface area contributed by atoms with Crippen LogP contribution in [0.4, 0.5) is 8.78 Å². The topological polar surface area (TPSA) is 73.6 Å². The van der Waals surface area contributed by atoms with Gasteiger partial charge in [-0.1, -0.05) is 0 Å². The summed E-state index contributed by atoms with van der Waals surface area (Å²) < 4.78 is 36.4. The standard InChI is InChI=1S/C14H16F2N2O4/c1-14(2,20)7-22-8-4-5-9-10(6-8)18(13(15)16)17-11(9)12(19)21-3/h4-6,13,20H,7H2,1-3H3. The van der Waals surface area contributed by atoms with Gasteiger partial charge in [-0.2, -0.15) is 13.9 Å². The average Bonchev–Trinajstić information content (AvgIpc) is 2.82. The molecule has 0 unspecified atom stereocenters. The van der Waals surface area contributed by atoms with Gasteiger partial charge < -0.3 is 14.6 Å². The summed E-state index contributed by atoms with van der Waals surface area (Å²) in [6.07, 6.45) is 0. The summed E-state index contributed by atoms with van der Waals surface area (Å²) in [7, 11) is 1.15. The number of carbonyl (C=O) groups is 1. The Hall–Kier alpha value is -2.22. The number of alkyl halides is 2. The predicted octanol–water partition coefficient (Wildman–Crippen LogP) is 2.37. The van der Waals surface area contributed by atoms with Gasteiger partial charge in [0, 0.05) is 11.5 Å². The van der Waals surface area contributed by atoms with Gasteiger partial charge in [0.25, 0.3) is 0 Å². The Labute approximate surface area is 125 Å². The van der Waals surface area contributed by atoms with E-state index in [1.807, 2.05) is 0 Å². The van der Waals surface area contributed by atoms with Gasteiger partial charge in [0.1, 0.15) is 12.4 Å². The predicted molar refractivity (Wildman–Crippen MR) is 74.1 cm³/mol. The van der Waals surface area contributed by atoms with Crippen molar-refractivity contribution in [3.63, 3.8) is 0 Å². The highest BCUT2D eigenvalue weighted by atomic mass is 19.3. The number of aliphatic hydroxyl groups is 1. The molecule has 1 aromatic carbocycles. The lowest BCUT2D eigenvalue weighted by Gasteiger charge is -2.17. The Morgan fingerprint density at radius 2 is 2.14 bits per heavy atom. The molecule has 2 rings (SSSR count). The smallest absolute Gasteiger partial charge is 0.359 e. The molecule has 0 aliphatic heterocycles. The van der Waals surface area contributed by atoms with Crippen LogP contribution in [0, 0.1) is 0 Å². The molecule has 22 heavy (non-hydrogen) atoms. The molecule has 0 aliphatic carbocycles.